The fraction of sp³-hybridized carbons (Fsp3) is 0.312. The van der Waals surface area contributed by atoms with Gasteiger partial charge in [0.15, 0.2) is 5.82 Å². The quantitative estimate of drug-likeness (QED) is 0.785. The first-order valence-electron chi connectivity index (χ1n) is 6.47. The molecule has 104 valence electrons. The van der Waals surface area contributed by atoms with Crippen molar-refractivity contribution in [2.24, 2.45) is 0 Å². The number of aromatic nitrogens is 2. The van der Waals surface area contributed by atoms with Crippen LogP contribution >= 0.6 is 0 Å². The standard InChI is InChI=1S/C16H18N2O2/c1-11-5-7-12(8-6-11)14-17-9-13(10-18-14)15(19)20-16(2,3)4/h5-10H,1-4H3. The molecule has 4 heteroatoms. The van der Waals surface area contributed by atoms with Gasteiger partial charge in [-0.05, 0) is 27.7 Å². The zero-order valence-electron chi connectivity index (χ0n) is 12.2. The fourth-order valence-corrected chi connectivity index (χ4v) is 1.62. The number of carbonyl (C=O) groups excluding carboxylic acids is 1. The van der Waals surface area contributed by atoms with Crippen molar-refractivity contribution in [3.8, 4) is 11.4 Å². The van der Waals surface area contributed by atoms with Crippen LogP contribution in [0.15, 0.2) is 36.7 Å². The van der Waals surface area contributed by atoms with Gasteiger partial charge in [-0.3, -0.25) is 0 Å². The van der Waals surface area contributed by atoms with Gasteiger partial charge in [-0.2, -0.15) is 0 Å². The van der Waals surface area contributed by atoms with Crippen molar-refractivity contribution in [1.82, 2.24) is 9.97 Å². The Morgan fingerprint density at radius 2 is 1.60 bits per heavy atom. The third kappa shape index (κ3) is 3.63. The van der Waals surface area contributed by atoms with E-state index in [0.717, 1.165) is 5.56 Å². The normalized spacial score (nSPS) is 11.2. The van der Waals surface area contributed by atoms with Gasteiger partial charge in [0, 0.05) is 18.0 Å². The zero-order valence-corrected chi connectivity index (χ0v) is 12.2. The lowest BCUT2D eigenvalue weighted by Crippen LogP contribution is -2.24. The van der Waals surface area contributed by atoms with Gasteiger partial charge in [0.2, 0.25) is 0 Å². The van der Waals surface area contributed by atoms with Crippen molar-refractivity contribution < 1.29 is 9.53 Å². The molecule has 1 heterocycles. The van der Waals surface area contributed by atoms with Crippen molar-refractivity contribution in [2.45, 2.75) is 33.3 Å². The molecule has 0 saturated heterocycles. The van der Waals surface area contributed by atoms with Gasteiger partial charge in [-0.15, -0.1) is 0 Å². The molecule has 0 saturated carbocycles. The number of ether oxygens (including phenoxy) is 1. The second kappa shape index (κ2) is 5.41. The summed E-state index contributed by atoms with van der Waals surface area (Å²) in [6.45, 7) is 7.50. The minimum absolute atomic E-state index is 0.357. The van der Waals surface area contributed by atoms with E-state index >= 15 is 0 Å². The number of carbonyl (C=O) groups is 1. The lowest BCUT2D eigenvalue weighted by Gasteiger charge is -2.19. The number of rotatable bonds is 2. The summed E-state index contributed by atoms with van der Waals surface area (Å²) in [6.07, 6.45) is 2.99. The van der Waals surface area contributed by atoms with Crippen molar-refractivity contribution in [3.05, 3.63) is 47.8 Å². The first-order valence-corrected chi connectivity index (χ1v) is 6.47. The number of hydrogen-bond donors (Lipinski definition) is 0. The maximum Gasteiger partial charge on any atom is 0.341 e. The second-order valence-electron chi connectivity index (χ2n) is 5.66. The van der Waals surface area contributed by atoms with E-state index in [1.807, 2.05) is 52.0 Å². The molecule has 0 atom stereocenters. The Morgan fingerprint density at radius 3 is 2.10 bits per heavy atom. The molecule has 0 N–H and O–H groups in total. The Bertz CT molecular complexity index is 596. The Kier molecular flexibility index (Phi) is 3.84. The number of benzene rings is 1. The van der Waals surface area contributed by atoms with Crippen LogP contribution in [0.4, 0.5) is 0 Å². The number of esters is 1. The minimum atomic E-state index is -0.521. The van der Waals surface area contributed by atoms with E-state index < -0.39 is 11.6 Å². The topological polar surface area (TPSA) is 52.1 Å². The molecular weight excluding hydrogens is 252 g/mol. The van der Waals surface area contributed by atoms with Gasteiger partial charge in [0.25, 0.3) is 0 Å². The summed E-state index contributed by atoms with van der Waals surface area (Å²) in [6, 6.07) is 7.91. The summed E-state index contributed by atoms with van der Waals surface area (Å²) < 4.78 is 5.27. The van der Waals surface area contributed by atoms with Gasteiger partial charge in [0.1, 0.15) is 5.60 Å². The number of hydrogen-bond acceptors (Lipinski definition) is 4. The molecule has 0 aliphatic carbocycles. The first kappa shape index (κ1) is 14.2. The van der Waals surface area contributed by atoms with E-state index in [2.05, 4.69) is 9.97 Å². The molecule has 1 aromatic heterocycles. The highest BCUT2D eigenvalue weighted by Crippen LogP contribution is 2.16. The fourth-order valence-electron chi connectivity index (χ4n) is 1.62. The molecule has 20 heavy (non-hydrogen) atoms. The van der Waals surface area contributed by atoms with E-state index in [1.165, 1.54) is 18.0 Å². The average Bonchev–Trinajstić information content (AvgIpc) is 2.38. The molecule has 4 nitrogen and oxygen atoms in total. The maximum atomic E-state index is 11.9. The molecule has 1 aromatic carbocycles. The van der Waals surface area contributed by atoms with Gasteiger partial charge in [-0.1, -0.05) is 29.8 Å². The zero-order chi connectivity index (χ0) is 14.8. The van der Waals surface area contributed by atoms with E-state index in [1.54, 1.807) is 0 Å². The van der Waals surface area contributed by atoms with Crippen molar-refractivity contribution >= 4 is 5.97 Å². The molecule has 0 aliphatic rings. The van der Waals surface area contributed by atoms with Crippen LogP contribution in [-0.4, -0.2) is 21.5 Å². The van der Waals surface area contributed by atoms with Crippen LogP contribution in [0.5, 0.6) is 0 Å². The van der Waals surface area contributed by atoms with Crippen LogP contribution < -0.4 is 0 Å². The lowest BCUT2D eigenvalue weighted by molar-refractivity contribution is 0.00686. The molecule has 0 unspecified atom stereocenters. The molecule has 2 rings (SSSR count). The van der Waals surface area contributed by atoms with Crippen LogP contribution in [0.25, 0.3) is 11.4 Å². The Labute approximate surface area is 118 Å². The smallest absolute Gasteiger partial charge is 0.341 e. The van der Waals surface area contributed by atoms with E-state index in [-0.39, 0.29) is 0 Å². The van der Waals surface area contributed by atoms with Crippen LogP contribution in [-0.2, 0) is 4.74 Å². The average molecular weight is 270 g/mol. The summed E-state index contributed by atoms with van der Waals surface area (Å²) in [4.78, 5) is 20.3. The molecule has 0 spiro atoms. The molecular formula is C16H18N2O2. The first-order chi connectivity index (χ1) is 9.35. The highest BCUT2D eigenvalue weighted by Gasteiger charge is 2.18. The molecule has 2 aromatic rings. The SMILES string of the molecule is Cc1ccc(-c2ncc(C(=O)OC(C)(C)C)cn2)cc1. The number of aryl methyl sites for hydroxylation is 1. The van der Waals surface area contributed by atoms with Crippen LogP contribution in [0.1, 0.15) is 36.7 Å². The molecule has 0 amide bonds. The highest BCUT2D eigenvalue weighted by molar-refractivity contribution is 5.89. The van der Waals surface area contributed by atoms with Gasteiger partial charge < -0.3 is 4.74 Å². The summed E-state index contributed by atoms with van der Waals surface area (Å²) in [7, 11) is 0. The Balaban J connectivity index is 2.18. The third-order valence-corrected chi connectivity index (χ3v) is 2.60. The molecule has 0 aliphatic heterocycles. The monoisotopic (exact) mass is 270 g/mol. The van der Waals surface area contributed by atoms with Gasteiger partial charge >= 0.3 is 5.97 Å². The summed E-state index contributed by atoms with van der Waals surface area (Å²) in [5.41, 5.74) is 1.94. The molecule has 0 bridgehead atoms. The van der Waals surface area contributed by atoms with Crippen molar-refractivity contribution in [1.29, 1.82) is 0 Å². The maximum absolute atomic E-state index is 11.9. The third-order valence-electron chi connectivity index (χ3n) is 2.60. The predicted molar refractivity (Wildman–Crippen MR) is 77.4 cm³/mol. The second-order valence-corrected chi connectivity index (χ2v) is 5.66. The summed E-state index contributed by atoms with van der Waals surface area (Å²) in [5.74, 6) is 0.185. The van der Waals surface area contributed by atoms with E-state index in [4.69, 9.17) is 4.74 Å². The predicted octanol–water partition coefficient (Wildman–Crippen LogP) is 3.41. The lowest BCUT2D eigenvalue weighted by atomic mass is 10.1. The van der Waals surface area contributed by atoms with Crippen molar-refractivity contribution in [2.75, 3.05) is 0 Å². The van der Waals surface area contributed by atoms with Crippen LogP contribution in [0, 0.1) is 6.92 Å². The summed E-state index contributed by atoms with van der Waals surface area (Å²) in [5, 5.41) is 0. The van der Waals surface area contributed by atoms with Gasteiger partial charge in [-0.25, -0.2) is 14.8 Å². The highest BCUT2D eigenvalue weighted by atomic mass is 16.6. The largest absolute Gasteiger partial charge is 0.456 e. The summed E-state index contributed by atoms with van der Waals surface area (Å²) >= 11 is 0. The van der Waals surface area contributed by atoms with Crippen molar-refractivity contribution in [3.63, 3.8) is 0 Å². The van der Waals surface area contributed by atoms with Crippen LogP contribution in [0.3, 0.4) is 0 Å². The Morgan fingerprint density at radius 1 is 1.05 bits per heavy atom. The molecule has 0 fully saturated rings. The minimum Gasteiger partial charge on any atom is -0.456 e. The van der Waals surface area contributed by atoms with Crippen LogP contribution in [0.2, 0.25) is 0 Å². The van der Waals surface area contributed by atoms with Gasteiger partial charge in [0.05, 0.1) is 5.56 Å². The van der Waals surface area contributed by atoms with E-state index in [0.29, 0.717) is 11.4 Å². The molecule has 0 radical (unpaired) electrons. The number of nitrogens with zero attached hydrogens (tertiary/aromatic N) is 2. The van der Waals surface area contributed by atoms with E-state index in [9.17, 15) is 4.79 Å². The Hall–Kier alpha value is -2.23.